The third-order valence-electron chi connectivity index (χ3n) is 1.70. The molecule has 0 aliphatic carbocycles. The fourth-order valence-corrected chi connectivity index (χ4v) is 1.01. The smallest absolute Gasteiger partial charge is 0.0506 e. The number of anilines is 2. The lowest BCUT2D eigenvalue weighted by Gasteiger charge is -2.34. The molecular weight excluding hydrogens is 174 g/mol. The Morgan fingerprint density at radius 2 is 1.86 bits per heavy atom. The molecule has 1 heterocycles. The zero-order valence-electron chi connectivity index (χ0n) is 18.3. The van der Waals surface area contributed by atoms with Gasteiger partial charge in [-0.15, -0.1) is 0 Å². The van der Waals surface area contributed by atoms with E-state index in [0.29, 0.717) is 0 Å². The van der Waals surface area contributed by atoms with E-state index in [-0.39, 0.29) is 21.2 Å². The Labute approximate surface area is 101 Å². The highest BCUT2D eigenvalue weighted by Crippen LogP contribution is 2.17. The van der Waals surface area contributed by atoms with Crippen molar-refractivity contribution in [3.8, 4) is 0 Å². The van der Waals surface area contributed by atoms with Gasteiger partial charge in [0.15, 0.2) is 0 Å². The first-order valence-electron chi connectivity index (χ1n) is 9.45. The number of nitrogens with zero attached hydrogens (tertiary/aromatic N) is 2. The molecule has 1 fully saturated rings. The Hall–Kier alpha value is -1.22. The molecule has 0 spiro atoms. The first kappa shape index (κ1) is 2.89. The van der Waals surface area contributed by atoms with Gasteiger partial charge in [-0.1, -0.05) is 0 Å². The minimum absolute atomic E-state index is 0.179. The molecule has 14 heavy (non-hydrogen) atoms. The lowest BCUT2D eigenvalue weighted by Crippen LogP contribution is -2.44. The molecule has 2 rings (SSSR count). The number of benzene rings is 1. The molecule has 1 aliphatic heterocycles. The molecule has 0 radical (unpaired) electrons. The van der Waals surface area contributed by atoms with Crippen molar-refractivity contribution in [1.29, 1.82) is 0 Å². The molecule has 1 aromatic rings. The third-order valence-corrected chi connectivity index (χ3v) is 1.70. The average molecular weight is 202 g/mol. The summed E-state index contributed by atoms with van der Waals surface area (Å²) in [7, 11) is 0. The molecule has 0 amide bonds. The first-order valence-corrected chi connectivity index (χ1v) is 3.95. The molecule has 1 aromatic carbocycles. The Balaban J connectivity index is 2.77. The second kappa shape index (κ2) is 3.88. The van der Waals surface area contributed by atoms with Crippen LogP contribution in [-0.2, 0) is 0 Å². The lowest BCUT2D eigenvalue weighted by atomic mass is 10.2. The number of nitrogen functional groups attached to an aromatic ring is 1. The average Bonchev–Trinajstić information content (AvgIpc) is 2.36. The molecule has 1 saturated heterocycles. The van der Waals surface area contributed by atoms with Crippen molar-refractivity contribution in [2.45, 2.75) is 0 Å². The quantitative estimate of drug-likeness (QED) is 0.690. The van der Waals surface area contributed by atoms with Gasteiger partial charge in [0.05, 0.1) is 5.48 Å². The van der Waals surface area contributed by atoms with Gasteiger partial charge in [0.1, 0.15) is 0 Å². The lowest BCUT2D eigenvalue weighted by molar-refractivity contribution is 0.313. The first-order chi connectivity index (χ1) is 11.0. The van der Waals surface area contributed by atoms with E-state index in [1.807, 2.05) is 0 Å². The highest BCUT2D eigenvalue weighted by atomic mass is 15.2. The molecule has 3 heteroatoms. The number of likely N-dealkylation sites (N-methyl/N-ethyl adjacent to an activating group) is 1. The normalized spacial score (nSPS) is 45.4. The van der Waals surface area contributed by atoms with Crippen LogP contribution < -0.4 is 10.6 Å². The molecule has 0 saturated carbocycles. The summed E-state index contributed by atoms with van der Waals surface area (Å²) in [6.45, 7) is -16.6. The molecule has 3 nitrogen and oxygen atoms in total. The van der Waals surface area contributed by atoms with Crippen LogP contribution in [0.1, 0.15) is 15.1 Å². The van der Waals surface area contributed by atoms with Gasteiger partial charge in [-0.2, -0.15) is 0 Å². The van der Waals surface area contributed by atoms with E-state index in [9.17, 15) is 0 Å². The van der Waals surface area contributed by atoms with Crippen molar-refractivity contribution in [2.24, 2.45) is 0 Å². The van der Waals surface area contributed by atoms with Crippen LogP contribution in [0.2, 0.25) is 0 Å². The molecule has 2 N–H and O–H groups in total. The summed E-state index contributed by atoms with van der Waals surface area (Å²) in [6.07, 6.45) is 0. The molecular formula is C11H17N3. The van der Waals surface area contributed by atoms with E-state index in [2.05, 4.69) is 0 Å². The van der Waals surface area contributed by atoms with E-state index < -0.39 is 33.0 Å². The monoisotopic (exact) mass is 202 g/mol. The van der Waals surface area contributed by atoms with Crippen LogP contribution in [0.15, 0.2) is 24.3 Å². The standard InChI is InChI=1S/C11H17N3/c1-13-6-8-14(9-7-13)11-4-2-10(12)3-5-11/h2-5H,6-9,12H2,1H3/i1D3,6D2,7D2,8D2,9D2. The van der Waals surface area contributed by atoms with Crippen LogP contribution in [0.5, 0.6) is 0 Å². The maximum absolute atomic E-state index is 8.11. The molecule has 0 unspecified atom stereocenters. The summed E-state index contributed by atoms with van der Waals surface area (Å²) in [5, 5.41) is 0. The molecule has 1 aliphatic rings. The number of hydrogen-bond donors (Lipinski definition) is 1. The predicted octanol–water partition coefficient (Wildman–Crippen LogP) is 1.02. The number of nitrogens with two attached hydrogens (primary N) is 1. The Bertz CT molecular complexity index is 624. The molecule has 0 atom stereocenters. The van der Waals surface area contributed by atoms with Crippen molar-refractivity contribution in [3.05, 3.63) is 24.3 Å². The van der Waals surface area contributed by atoms with E-state index in [1.165, 1.54) is 24.3 Å². The van der Waals surface area contributed by atoms with Gasteiger partial charge in [0.25, 0.3) is 0 Å². The minimum atomic E-state index is -3.42. The second-order valence-corrected chi connectivity index (χ2v) is 2.71. The Kier molecular flexibility index (Phi) is 0.801. The van der Waals surface area contributed by atoms with Crippen molar-refractivity contribution < 1.29 is 15.1 Å². The third kappa shape index (κ3) is 1.99. The second-order valence-electron chi connectivity index (χ2n) is 2.71. The predicted molar refractivity (Wildman–Crippen MR) is 60.6 cm³/mol. The van der Waals surface area contributed by atoms with Crippen LogP contribution in [0.4, 0.5) is 11.4 Å². The highest BCUT2D eigenvalue weighted by Gasteiger charge is 2.13. The molecule has 0 aromatic heterocycles. The van der Waals surface area contributed by atoms with Crippen molar-refractivity contribution in [1.82, 2.24) is 4.90 Å². The van der Waals surface area contributed by atoms with Gasteiger partial charge in [-0.25, -0.2) is 0 Å². The summed E-state index contributed by atoms with van der Waals surface area (Å²) in [4.78, 5) is -0.0809. The zero-order chi connectivity index (χ0) is 19.6. The van der Waals surface area contributed by atoms with E-state index >= 15 is 0 Å². The van der Waals surface area contributed by atoms with Crippen molar-refractivity contribution in [2.75, 3.05) is 43.6 Å². The summed E-state index contributed by atoms with van der Waals surface area (Å²) >= 11 is 0. The highest BCUT2D eigenvalue weighted by molar-refractivity contribution is 5.53. The van der Waals surface area contributed by atoms with Gasteiger partial charge in [-0.3, -0.25) is 0 Å². The van der Waals surface area contributed by atoms with E-state index in [1.54, 1.807) is 0 Å². The number of piperazine rings is 1. The number of rotatable bonds is 1. The van der Waals surface area contributed by atoms with Gasteiger partial charge in [-0.05, 0) is 31.2 Å². The van der Waals surface area contributed by atoms with Gasteiger partial charge < -0.3 is 15.5 Å². The summed E-state index contributed by atoms with van der Waals surface area (Å²) < 4.78 is 86.6. The maximum Gasteiger partial charge on any atom is 0.0506 e. The molecule has 0 bridgehead atoms. The fourth-order valence-electron chi connectivity index (χ4n) is 1.01. The number of hydrogen-bond acceptors (Lipinski definition) is 3. The van der Waals surface area contributed by atoms with Crippen molar-refractivity contribution >= 4 is 11.4 Å². The van der Waals surface area contributed by atoms with Gasteiger partial charge in [0.2, 0.25) is 0 Å². The van der Waals surface area contributed by atoms with Crippen LogP contribution in [0, 0.1) is 0 Å². The Morgan fingerprint density at radius 3 is 2.43 bits per heavy atom. The summed E-state index contributed by atoms with van der Waals surface area (Å²) in [6, 6.07) is 5.07. The maximum atomic E-state index is 8.11. The SMILES string of the molecule is [2H]C([2H])([2H])N1C([2H])([2H])C([2H])([2H])N(c2ccc(N)cc2)C([2H])([2H])C1([2H])[2H]. The minimum Gasteiger partial charge on any atom is -0.399 e. The van der Waals surface area contributed by atoms with E-state index in [4.69, 9.17) is 20.8 Å². The van der Waals surface area contributed by atoms with Crippen LogP contribution in [0.25, 0.3) is 0 Å². The largest absolute Gasteiger partial charge is 0.399 e. The Morgan fingerprint density at radius 1 is 1.21 bits per heavy atom. The van der Waals surface area contributed by atoms with Gasteiger partial charge >= 0.3 is 0 Å². The van der Waals surface area contributed by atoms with Gasteiger partial charge in [0, 0.05) is 47.0 Å². The summed E-state index contributed by atoms with van der Waals surface area (Å²) in [5.41, 5.74) is 5.65. The zero-order valence-corrected chi connectivity index (χ0v) is 7.28. The molecule has 76 valence electrons. The topological polar surface area (TPSA) is 32.5 Å². The summed E-state index contributed by atoms with van der Waals surface area (Å²) in [5.74, 6) is 0. The van der Waals surface area contributed by atoms with E-state index in [0.717, 1.165) is 0 Å². The van der Waals surface area contributed by atoms with Crippen LogP contribution in [-0.4, -0.2) is 37.9 Å². The van der Waals surface area contributed by atoms with Crippen molar-refractivity contribution in [3.63, 3.8) is 0 Å². The fraction of sp³-hybridized carbons (Fsp3) is 0.455. The van der Waals surface area contributed by atoms with Crippen LogP contribution >= 0.6 is 0 Å². The van der Waals surface area contributed by atoms with Crippen LogP contribution in [0.3, 0.4) is 0 Å².